The van der Waals surface area contributed by atoms with Crippen molar-refractivity contribution in [3.8, 4) is 0 Å². The lowest BCUT2D eigenvalue weighted by Crippen LogP contribution is -2.44. The van der Waals surface area contributed by atoms with Gasteiger partial charge in [-0.2, -0.15) is 0 Å². The average molecular weight is 290 g/mol. The van der Waals surface area contributed by atoms with Crippen LogP contribution in [0.15, 0.2) is 29.3 Å². The third-order valence-corrected chi connectivity index (χ3v) is 4.26. The lowest BCUT2D eigenvalue weighted by atomic mass is 9.97. The summed E-state index contributed by atoms with van der Waals surface area (Å²) in [4.78, 5) is 18.7. The van der Waals surface area contributed by atoms with Gasteiger partial charge < -0.3 is 9.64 Å². The van der Waals surface area contributed by atoms with E-state index in [9.17, 15) is 9.18 Å². The maximum Gasteiger partial charge on any atom is 0.251 e. The third-order valence-electron chi connectivity index (χ3n) is 4.26. The number of hydrogen-bond donors (Lipinski definition) is 0. The fourth-order valence-electron chi connectivity index (χ4n) is 2.84. The largest absolute Gasteiger partial charge is 0.473 e. The highest BCUT2D eigenvalue weighted by atomic mass is 19.1. The maximum atomic E-state index is 13.0. The lowest BCUT2D eigenvalue weighted by molar-refractivity contribution is -0.135. The van der Waals surface area contributed by atoms with Crippen molar-refractivity contribution in [1.29, 1.82) is 0 Å². The minimum atomic E-state index is -0.552. The second kappa shape index (κ2) is 5.84. The van der Waals surface area contributed by atoms with Crippen molar-refractivity contribution in [3.63, 3.8) is 0 Å². The molecule has 0 aliphatic carbocycles. The van der Waals surface area contributed by atoms with Gasteiger partial charge in [-0.15, -0.1) is 0 Å². The normalized spacial score (nSPS) is 25.9. The second-order valence-electron chi connectivity index (χ2n) is 5.82. The topological polar surface area (TPSA) is 41.9 Å². The molecule has 1 fully saturated rings. The second-order valence-corrected chi connectivity index (χ2v) is 5.82. The zero-order valence-electron chi connectivity index (χ0n) is 12.0. The van der Waals surface area contributed by atoms with E-state index in [0.717, 1.165) is 31.5 Å². The number of carbonyl (C=O) groups excluding carboxylic acids is 1. The number of ether oxygens (including phenoxy) is 1. The molecular formula is C16H19FN2O2. The van der Waals surface area contributed by atoms with Crippen LogP contribution in [0.25, 0.3) is 0 Å². The number of halogens is 1. The SMILES string of the molecule is CC1CCN(C(=O)[C@H]2N=CO[C@@H]2c2ccc(F)cc2)CC1. The van der Waals surface area contributed by atoms with Gasteiger partial charge in [-0.05, 0) is 36.5 Å². The molecule has 1 aromatic rings. The fraction of sp³-hybridized carbons (Fsp3) is 0.500. The minimum absolute atomic E-state index is 0.00461. The Bertz CT molecular complexity index is 536. The predicted molar refractivity (Wildman–Crippen MR) is 77.5 cm³/mol. The van der Waals surface area contributed by atoms with E-state index in [1.54, 1.807) is 12.1 Å². The minimum Gasteiger partial charge on any atom is -0.473 e. The number of nitrogens with zero attached hydrogens (tertiary/aromatic N) is 2. The zero-order chi connectivity index (χ0) is 14.8. The molecule has 21 heavy (non-hydrogen) atoms. The van der Waals surface area contributed by atoms with Crippen LogP contribution in [0.2, 0.25) is 0 Å². The molecule has 2 aliphatic rings. The first-order valence-electron chi connectivity index (χ1n) is 7.36. The van der Waals surface area contributed by atoms with Gasteiger partial charge in [0, 0.05) is 13.1 Å². The van der Waals surface area contributed by atoms with E-state index < -0.39 is 12.1 Å². The van der Waals surface area contributed by atoms with Crippen LogP contribution in [0.5, 0.6) is 0 Å². The summed E-state index contributed by atoms with van der Waals surface area (Å²) in [7, 11) is 0. The molecule has 2 aliphatic heterocycles. The van der Waals surface area contributed by atoms with E-state index in [-0.39, 0.29) is 11.7 Å². The van der Waals surface area contributed by atoms with Gasteiger partial charge >= 0.3 is 0 Å². The molecule has 0 spiro atoms. The third kappa shape index (κ3) is 2.91. The summed E-state index contributed by atoms with van der Waals surface area (Å²) >= 11 is 0. The maximum absolute atomic E-state index is 13.0. The first kappa shape index (κ1) is 14.0. The molecule has 2 heterocycles. The fourth-order valence-corrected chi connectivity index (χ4v) is 2.84. The summed E-state index contributed by atoms with van der Waals surface area (Å²) in [6.45, 7) is 3.77. The number of carbonyl (C=O) groups is 1. The number of piperidine rings is 1. The van der Waals surface area contributed by atoms with Gasteiger partial charge in [-0.25, -0.2) is 9.38 Å². The van der Waals surface area contributed by atoms with Gasteiger partial charge in [-0.1, -0.05) is 19.1 Å². The number of aliphatic imine (C=N–C) groups is 1. The summed E-state index contributed by atoms with van der Waals surface area (Å²) in [5.41, 5.74) is 0.776. The van der Waals surface area contributed by atoms with Crippen LogP contribution in [0, 0.1) is 11.7 Å². The Morgan fingerprint density at radius 2 is 1.95 bits per heavy atom. The van der Waals surface area contributed by atoms with E-state index >= 15 is 0 Å². The molecule has 0 unspecified atom stereocenters. The van der Waals surface area contributed by atoms with E-state index in [2.05, 4.69) is 11.9 Å². The number of rotatable bonds is 2. The molecule has 0 N–H and O–H groups in total. The first-order valence-corrected chi connectivity index (χ1v) is 7.36. The van der Waals surface area contributed by atoms with E-state index in [1.165, 1.54) is 18.5 Å². The highest BCUT2D eigenvalue weighted by molar-refractivity contribution is 5.85. The molecule has 0 radical (unpaired) electrons. The zero-order valence-corrected chi connectivity index (χ0v) is 12.0. The Morgan fingerprint density at radius 3 is 2.62 bits per heavy atom. The van der Waals surface area contributed by atoms with Crippen LogP contribution in [0.1, 0.15) is 31.4 Å². The van der Waals surface area contributed by atoms with Crippen LogP contribution in [-0.4, -0.2) is 36.3 Å². The molecule has 0 saturated carbocycles. The molecular weight excluding hydrogens is 271 g/mol. The summed E-state index contributed by atoms with van der Waals surface area (Å²) < 4.78 is 18.5. The van der Waals surface area contributed by atoms with Gasteiger partial charge in [-0.3, -0.25) is 4.79 Å². The molecule has 4 nitrogen and oxygen atoms in total. The molecule has 1 aromatic carbocycles. The molecule has 0 aromatic heterocycles. The standard InChI is InChI=1S/C16H19FN2O2/c1-11-6-8-19(9-7-11)16(20)14-15(21-10-18-14)12-2-4-13(17)5-3-12/h2-5,10-11,14-15H,6-9H2,1H3/t14-,15+/m0/s1. The number of likely N-dealkylation sites (tertiary alicyclic amines) is 1. The van der Waals surface area contributed by atoms with Crippen molar-refractivity contribution < 1.29 is 13.9 Å². The molecule has 2 atom stereocenters. The van der Waals surface area contributed by atoms with Crippen molar-refractivity contribution in [3.05, 3.63) is 35.6 Å². The van der Waals surface area contributed by atoms with Crippen LogP contribution >= 0.6 is 0 Å². The van der Waals surface area contributed by atoms with Crippen molar-refractivity contribution in [2.45, 2.75) is 31.9 Å². The van der Waals surface area contributed by atoms with Crippen molar-refractivity contribution in [2.24, 2.45) is 10.9 Å². The molecule has 1 amide bonds. The van der Waals surface area contributed by atoms with Crippen LogP contribution in [-0.2, 0) is 9.53 Å². The van der Waals surface area contributed by atoms with Crippen LogP contribution < -0.4 is 0 Å². The quantitative estimate of drug-likeness (QED) is 0.840. The number of benzene rings is 1. The Morgan fingerprint density at radius 1 is 1.29 bits per heavy atom. The van der Waals surface area contributed by atoms with Crippen molar-refractivity contribution in [1.82, 2.24) is 4.90 Å². The van der Waals surface area contributed by atoms with Crippen LogP contribution in [0.3, 0.4) is 0 Å². The number of amides is 1. The number of hydrogen-bond acceptors (Lipinski definition) is 3. The predicted octanol–water partition coefficient (Wildman–Crippen LogP) is 2.55. The monoisotopic (exact) mass is 290 g/mol. The Balaban J connectivity index is 1.72. The molecule has 0 bridgehead atoms. The molecule has 112 valence electrons. The Labute approximate surface area is 123 Å². The molecule has 5 heteroatoms. The average Bonchev–Trinajstić information content (AvgIpc) is 2.97. The summed E-state index contributed by atoms with van der Waals surface area (Å²) in [5.74, 6) is 0.376. The Hall–Kier alpha value is -1.91. The molecule has 3 rings (SSSR count). The lowest BCUT2D eigenvalue weighted by Gasteiger charge is -2.32. The summed E-state index contributed by atoms with van der Waals surface area (Å²) in [6, 6.07) is 5.49. The highest BCUT2D eigenvalue weighted by Gasteiger charge is 2.37. The Kier molecular flexibility index (Phi) is 3.90. The van der Waals surface area contributed by atoms with Gasteiger partial charge in [0.05, 0.1) is 0 Å². The van der Waals surface area contributed by atoms with Gasteiger partial charge in [0.25, 0.3) is 5.91 Å². The molecule has 1 saturated heterocycles. The summed E-state index contributed by atoms with van der Waals surface area (Å²) in [5, 5.41) is 0. The van der Waals surface area contributed by atoms with Gasteiger partial charge in [0.2, 0.25) is 0 Å². The van der Waals surface area contributed by atoms with E-state index in [1.807, 2.05) is 4.90 Å². The van der Waals surface area contributed by atoms with Gasteiger partial charge in [0.15, 0.2) is 18.5 Å². The van der Waals surface area contributed by atoms with Crippen molar-refractivity contribution in [2.75, 3.05) is 13.1 Å². The first-order chi connectivity index (χ1) is 10.1. The van der Waals surface area contributed by atoms with Crippen LogP contribution in [0.4, 0.5) is 4.39 Å². The highest BCUT2D eigenvalue weighted by Crippen LogP contribution is 2.29. The van der Waals surface area contributed by atoms with E-state index in [4.69, 9.17) is 4.74 Å². The smallest absolute Gasteiger partial charge is 0.251 e. The van der Waals surface area contributed by atoms with E-state index in [0.29, 0.717) is 5.92 Å². The van der Waals surface area contributed by atoms with Crippen molar-refractivity contribution >= 4 is 12.3 Å². The summed E-state index contributed by atoms with van der Waals surface area (Å²) in [6.07, 6.45) is 2.95. The van der Waals surface area contributed by atoms with Gasteiger partial charge in [0.1, 0.15) is 5.82 Å².